The van der Waals surface area contributed by atoms with Gasteiger partial charge in [-0.05, 0) is 56.3 Å². The summed E-state index contributed by atoms with van der Waals surface area (Å²) in [7, 11) is 1.63. The first-order valence-corrected chi connectivity index (χ1v) is 9.07. The summed E-state index contributed by atoms with van der Waals surface area (Å²) in [6.45, 7) is 4.59. The summed E-state index contributed by atoms with van der Waals surface area (Å²) in [5.74, 6) is 1.36. The first kappa shape index (κ1) is 19.3. The van der Waals surface area contributed by atoms with E-state index in [0.29, 0.717) is 24.4 Å². The van der Waals surface area contributed by atoms with Crippen LogP contribution >= 0.6 is 0 Å². The minimum absolute atomic E-state index is 0.112. The fourth-order valence-electron chi connectivity index (χ4n) is 3.31. The summed E-state index contributed by atoms with van der Waals surface area (Å²) in [6.07, 6.45) is 1.85. The van der Waals surface area contributed by atoms with Crippen molar-refractivity contribution < 1.29 is 13.9 Å². The predicted octanol–water partition coefficient (Wildman–Crippen LogP) is 4.25. The zero-order valence-electron chi connectivity index (χ0n) is 16.3. The maximum absolute atomic E-state index is 13.2. The third-order valence-corrected chi connectivity index (χ3v) is 4.70. The molecule has 0 saturated carbocycles. The number of aryl methyl sites for hydroxylation is 1. The number of carbonyl (C=O) groups is 1. The van der Waals surface area contributed by atoms with Crippen LogP contribution in [0.15, 0.2) is 53.1 Å². The van der Waals surface area contributed by atoms with Gasteiger partial charge in [-0.25, -0.2) is 0 Å². The Morgan fingerprint density at radius 2 is 2.00 bits per heavy atom. The van der Waals surface area contributed by atoms with Crippen molar-refractivity contribution in [1.82, 2.24) is 9.47 Å². The average molecular weight is 377 g/mol. The number of aromatic nitrogens is 1. The van der Waals surface area contributed by atoms with Crippen molar-refractivity contribution >= 4 is 5.91 Å². The molecule has 0 aliphatic heterocycles. The van der Waals surface area contributed by atoms with E-state index in [1.54, 1.807) is 24.3 Å². The number of benzene rings is 1. The van der Waals surface area contributed by atoms with Crippen LogP contribution in [0.25, 0.3) is 5.69 Å². The highest BCUT2D eigenvalue weighted by Crippen LogP contribution is 2.24. The van der Waals surface area contributed by atoms with Crippen LogP contribution < -0.4 is 4.74 Å². The Balaban J connectivity index is 1.92. The van der Waals surface area contributed by atoms with Gasteiger partial charge < -0.3 is 18.6 Å². The third kappa shape index (κ3) is 3.94. The molecule has 0 aliphatic rings. The van der Waals surface area contributed by atoms with Crippen molar-refractivity contribution in [1.29, 1.82) is 5.26 Å². The Morgan fingerprint density at radius 3 is 2.61 bits per heavy atom. The molecule has 2 aromatic heterocycles. The van der Waals surface area contributed by atoms with Crippen LogP contribution in [-0.2, 0) is 6.54 Å². The fourth-order valence-corrected chi connectivity index (χ4v) is 3.31. The van der Waals surface area contributed by atoms with Crippen molar-refractivity contribution in [3.63, 3.8) is 0 Å². The molecule has 0 N–H and O–H groups in total. The van der Waals surface area contributed by atoms with E-state index in [9.17, 15) is 4.79 Å². The number of carbonyl (C=O) groups excluding carboxylic acids is 1. The van der Waals surface area contributed by atoms with Crippen LogP contribution in [0, 0.1) is 25.2 Å². The normalized spacial score (nSPS) is 10.5. The van der Waals surface area contributed by atoms with E-state index in [1.165, 1.54) is 0 Å². The molecule has 1 aromatic carbocycles. The van der Waals surface area contributed by atoms with E-state index in [-0.39, 0.29) is 12.3 Å². The molecule has 0 aliphatic carbocycles. The van der Waals surface area contributed by atoms with Crippen molar-refractivity contribution in [2.45, 2.75) is 26.8 Å². The lowest BCUT2D eigenvalue weighted by Crippen LogP contribution is -2.31. The van der Waals surface area contributed by atoms with E-state index in [0.717, 1.165) is 22.8 Å². The fraction of sp³-hybridized carbons (Fsp3) is 0.273. The lowest BCUT2D eigenvalue weighted by Gasteiger charge is -2.20. The quantitative estimate of drug-likeness (QED) is 0.617. The van der Waals surface area contributed by atoms with Crippen molar-refractivity contribution in [3.05, 3.63) is 71.4 Å². The SMILES string of the molecule is COc1ccc(-n2c(C)cc(C(=O)N(CCC#N)Cc3ccco3)c2C)cc1. The van der Waals surface area contributed by atoms with Crippen LogP contribution in [0.3, 0.4) is 0 Å². The van der Waals surface area contributed by atoms with Crippen LogP contribution in [0.5, 0.6) is 5.75 Å². The molecule has 6 heteroatoms. The molecule has 3 aromatic rings. The second-order valence-corrected chi connectivity index (χ2v) is 6.53. The average Bonchev–Trinajstić information content (AvgIpc) is 3.32. The summed E-state index contributed by atoms with van der Waals surface area (Å²) in [6, 6.07) is 15.3. The second-order valence-electron chi connectivity index (χ2n) is 6.53. The van der Waals surface area contributed by atoms with Gasteiger partial charge in [-0.2, -0.15) is 5.26 Å². The minimum Gasteiger partial charge on any atom is -0.497 e. The molecule has 0 spiro atoms. The minimum atomic E-state index is -0.112. The maximum Gasteiger partial charge on any atom is 0.256 e. The molecule has 0 unspecified atom stereocenters. The van der Waals surface area contributed by atoms with Gasteiger partial charge in [-0.15, -0.1) is 0 Å². The van der Waals surface area contributed by atoms with Gasteiger partial charge in [0.05, 0.1) is 38.0 Å². The Labute approximate surface area is 164 Å². The zero-order valence-corrected chi connectivity index (χ0v) is 16.3. The molecule has 0 radical (unpaired) electrons. The molecule has 1 amide bonds. The molecule has 28 heavy (non-hydrogen) atoms. The van der Waals surface area contributed by atoms with Crippen molar-refractivity contribution in [3.8, 4) is 17.5 Å². The summed E-state index contributed by atoms with van der Waals surface area (Å²) in [5, 5.41) is 8.96. The maximum atomic E-state index is 13.2. The molecule has 3 rings (SSSR count). The van der Waals surface area contributed by atoms with Gasteiger partial charge >= 0.3 is 0 Å². The van der Waals surface area contributed by atoms with E-state index in [4.69, 9.17) is 14.4 Å². The highest BCUT2D eigenvalue weighted by Gasteiger charge is 2.22. The Morgan fingerprint density at radius 1 is 1.25 bits per heavy atom. The number of ether oxygens (including phenoxy) is 1. The van der Waals surface area contributed by atoms with Gasteiger partial charge in [-0.3, -0.25) is 4.79 Å². The number of hydrogen-bond donors (Lipinski definition) is 0. The molecular formula is C22H23N3O3. The number of nitriles is 1. The predicted molar refractivity (Wildman–Crippen MR) is 105 cm³/mol. The van der Waals surface area contributed by atoms with E-state index < -0.39 is 0 Å². The van der Waals surface area contributed by atoms with Crippen LogP contribution in [0.1, 0.15) is 33.9 Å². The molecule has 0 bridgehead atoms. The van der Waals surface area contributed by atoms with Crippen molar-refractivity contribution in [2.75, 3.05) is 13.7 Å². The van der Waals surface area contributed by atoms with Gasteiger partial charge in [0.1, 0.15) is 11.5 Å². The highest BCUT2D eigenvalue weighted by atomic mass is 16.5. The van der Waals surface area contributed by atoms with Crippen LogP contribution in [0.2, 0.25) is 0 Å². The summed E-state index contributed by atoms with van der Waals surface area (Å²) < 4.78 is 12.7. The second kappa shape index (κ2) is 8.49. The third-order valence-electron chi connectivity index (χ3n) is 4.70. The summed E-state index contributed by atoms with van der Waals surface area (Å²) in [5.41, 5.74) is 3.40. The molecular weight excluding hydrogens is 354 g/mol. The topological polar surface area (TPSA) is 71.4 Å². The monoisotopic (exact) mass is 377 g/mol. The van der Waals surface area contributed by atoms with Gasteiger partial charge in [0.25, 0.3) is 5.91 Å². The summed E-state index contributed by atoms with van der Waals surface area (Å²) >= 11 is 0. The first-order valence-electron chi connectivity index (χ1n) is 9.07. The number of nitrogens with zero attached hydrogens (tertiary/aromatic N) is 3. The Hall–Kier alpha value is -3.46. The Bertz CT molecular complexity index is 979. The van der Waals surface area contributed by atoms with Crippen LogP contribution in [-0.4, -0.2) is 29.0 Å². The number of furan rings is 1. The molecule has 2 heterocycles. The zero-order chi connectivity index (χ0) is 20.1. The van der Waals surface area contributed by atoms with E-state index in [2.05, 4.69) is 6.07 Å². The largest absolute Gasteiger partial charge is 0.497 e. The van der Waals surface area contributed by atoms with Crippen molar-refractivity contribution in [2.24, 2.45) is 0 Å². The first-order chi connectivity index (χ1) is 13.5. The lowest BCUT2D eigenvalue weighted by atomic mass is 10.2. The van der Waals surface area contributed by atoms with E-state index >= 15 is 0 Å². The summed E-state index contributed by atoms with van der Waals surface area (Å²) in [4.78, 5) is 14.9. The molecule has 6 nitrogen and oxygen atoms in total. The standard InChI is InChI=1S/C22H23N3O3/c1-16-14-21(17(2)25(16)18-7-9-19(27-3)10-8-18)22(26)24(12-5-11-23)15-20-6-4-13-28-20/h4,6-10,13-14H,5,12,15H2,1-3H3. The van der Waals surface area contributed by atoms with Gasteiger partial charge in [-0.1, -0.05) is 0 Å². The smallest absolute Gasteiger partial charge is 0.256 e. The van der Waals surface area contributed by atoms with E-state index in [1.807, 2.05) is 54.8 Å². The van der Waals surface area contributed by atoms with Gasteiger partial charge in [0.15, 0.2) is 0 Å². The highest BCUT2D eigenvalue weighted by molar-refractivity contribution is 5.96. The number of amides is 1. The lowest BCUT2D eigenvalue weighted by molar-refractivity contribution is 0.0734. The van der Waals surface area contributed by atoms with Gasteiger partial charge in [0, 0.05) is 23.6 Å². The Kier molecular flexibility index (Phi) is 5.85. The molecule has 144 valence electrons. The van der Waals surface area contributed by atoms with Gasteiger partial charge in [0.2, 0.25) is 0 Å². The molecule has 0 atom stereocenters. The molecule has 0 fully saturated rings. The number of hydrogen-bond acceptors (Lipinski definition) is 4. The number of rotatable bonds is 7. The molecule has 0 saturated heterocycles. The number of methoxy groups -OCH3 is 1. The van der Waals surface area contributed by atoms with Crippen LogP contribution in [0.4, 0.5) is 0 Å².